The van der Waals surface area contributed by atoms with E-state index in [1.165, 1.54) is 16.2 Å². The first kappa shape index (κ1) is 24.7. The normalized spacial score (nSPS) is 18.0. The van der Waals surface area contributed by atoms with E-state index in [4.69, 9.17) is 18.9 Å². The fourth-order valence-electron chi connectivity index (χ4n) is 4.76. The van der Waals surface area contributed by atoms with Crippen LogP contribution in [0.15, 0.2) is 66.2 Å². The van der Waals surface area contributed by atoms with E-state index in [2.05, 4.69) is 4.98 Å². The fraction of sp³-hybridized carbons (Fsp3) is 0.207. The van der Waals surface area contributed by atoms with Crippen LogP contribution in [0.2, 0.25) is 0 Å². The third kappa shape index (κ3) is 4.32. The first-order chi connectivity index (χ1) is 19.0. The number of thiazole rings is 1. The maximum absolute atomic E-state index is 13.6. The van der Waals surface area contributed by atoms with Gasteiger partial charge in [0.25, 0.3) is 5.78 Å². The Morgan fingerprint density at radius 2 is 1.87 bits per heavy atom. The van der Waals surface area contributed by atoms with Crippen LogP contribution in [0.4, 0.5) is 5.13 Å². The Bertz CT molecular complexity index is 1640. The number of Topliss-reactive ketones (excluding diaryl/α,β-unsaturated/α-hetero) is 1. The largest absolute Gasteiger partial charge is 0.507 e. The molecule has 3 aromatic carbocycles. The van der Waals surface area contributed by atoms with Gasteiger partial charge >= 0.3 is 5.91 Å². The number of amides is 1. The zero-order valence-corrected chi connectivity index (χ0v) is 22.0. The van der Waals surface area contributed by atoms with Crippen LogP contribution in [0.1, 0.15) is 24.1 Å². The van der Waals surface area contributed by atoms with Gasteiger partial charge in [0.05, 0.1) is 35.5 Å². The molecule has 1 atom stereocenters. The summed E-state index contributed by atoms with van der Waals surface area (Å²) in [5.41, 5.74) is 1.53. The van der Waals surface area contributed by atoms with Gasteiger partial charge in [0.2, 0.25) is 0 Å². The molecule has 10 heteroatoms. The van der Waals surface area contributed by atoms with E-state index < -0.39 is 17.7 Å². The molecule has 0 aliphatic carbocycles. The zero-order valence-electron chi connectivity index (χ0n) is 21.2. The topological polar surface area (TPSA) is 107 Å². The molecule has 6 rings (SSSR count). The SMILES string of the molecule is CCOc1cccc(C2/C(=C(/O)c3ccc4c(c3)OCCO4)C(=O)C(=O)N2c2nc3ccc(OC)cc3s2)c1. The molecule has 1 unspecified atom stereocenters. The number of ketones is 1. The van der Waals surface area contributed by atoms with Crippen LogP contribution in [0.5, 0.6) is 23.0 Å². The molecule has 0 saturated carbocycles. The van der Waals surface area contributed by atoms with Crippen molar-refractivity contribution in [1.82, 2.24) is 4.98 Å². The number of carbonyl (C=O) groups excluding carboxylic acids is 2. The Labute approximate surface area is 227 Å². The average molecular weight is 545 g/mol. The highest BCUT2D eigenvalue weighted by molar-refractivity contribution is 7.22. The third-order valence-corrected chi connectivity index (χ3v) is 7.55. The predicted octanol–water partition coefficient (Wildman–Crippen LogP) is 5.10. The van der Waals surface area contributed by atoms with E-state index in [9.17, 15) is 14.7 Å². The van der Waals surface area contributed by atoms with Gasteiger partial charge in [-0.3, -0.25) is 14.5 Å². The number of hydrogen-bond donors (Lipinski definition) is 1. The summed E-state index contributed by atoms with van der Waals surface area (Å²) in [7, 11) is 1.57. The number of aliphatic hydroxyl groups excluding tert-OH is 1. The summed E-state index contributed by atoms with van der Waals surface area (Å²) in [5.74, 6) is 0.312. The summed E-state index contributed by atoms with van der Waals surface area (Å²) in [6, 6.07) is 16.5. The summed E-state index contributed by atoms with van der Waals surface area (Å²) >= 11 is 1.26. The van der Waals surface area contributed by atoms with E-state index in [1.807, 2.05) is 13.0 Å². The fourth-order valence-corrected chi connectivity index (χ4v) is 5.78. The Balaban J connectivity index is 1.53. The molecule has 1 fully saturated rings. The molecule has 4 aromatic rings. The highest BCUT2D eigenvalue weighted by Crippen LogP contribution is 2.45. The number of benzene rings is 3. The smallest absolute Gasteiger partial charge is 0.301 e. The van der Waals surface area contributed by atoms with Crippen LogP contribution in [0.25, 0.3) is 16.0 Å². The molecular weight excluding hydrogens is 520 g/mol. The van der Waals surface area contributed by atoms with Crippen molar-refractivity contribution < 1.29 is 33.6 Å². The van der Waals surface area contributed by atoms with Crippen LogP contribution in [0, 0.1) is 0 Å². The predicted molar refractivity (Wildman–Crippen MR) is 146 cm³/mol. The minimum absolute atomic E-state index is 0.0536. The van der Waals surface area contributed by atoms with E-state index in [0.717, 1.165) is 4.70 Å². The molecule has 198 valence electrons. The average Bonchev–Trinajstić information content (AvgIpc) is 3.50. The third-order valence-electron chi connectivity index (χ3n) is 6.54. The van der Waals surface area contributed by atoms with Crippen LogP contribution >= 0.6 is 11.3 Å². The number of aromatic nitrogens is 1. The van der Waals surface area contributed by atoms with Crippen LogP contribution in [-0.4, -0.2) is 48.7 Å². The van der Waals surface area contributed by atoms with Gasteiger partial charge in [-0.1, -0.05) is 23.5 Å². The van der Waals surface area contributed by atoms with Gasteiger partial charge in [-0.05, 0) is 61.0 Å². The highest BCUT2D eigenvalue weighted by Gasteiger charge is 2.48. The lowest BCUT2D eigenvalue weighted by atomic mass is 9.95. The Kier molecular flexibility index (Phi) is 6.32. The minimum Gasteiger partial charge on any atom is -0.507 e. The second-order valence-corrected chi connectivity index (χ2v) is 9.87. The van der Waals surface area contributed by atoms with Gasteiger partial charge in [-0.2, -0.15) is 0 Å². The van der Waals surface area contributed by atoms with E-state index in [-0.39, 0.29) is 11.3 Å². The maximum Gasteiger partial charge on any atom is 0.301 e. The summed E-state index contributed by atoms with van der Waals surface area (Å²) in [5, 5.41) is 11.8. The quantitative estimate of drug-likeness (QED) is 0.203. The number of hydrogen-bond acceptors (Lipinski definition) is 9. The molecule has 2 aliphatic rings. The molecule has 0 spiro atoms. The van der Waals surface area contributed by atoms with E-state index in [0.29, 0.717) is 64.6 Å². The first-order valence-corrected chi connectivity index (χ1v) is 13.2. The molecule has 1 N–H and O–H groups in total. The zero-order chi connectivity index (χ0) is 27.1. The number of methoxy groups -OCH3 is 1. The number of aliphatic hydroxyl groups is 1. The summed E-state index contributed by atoms with van der Waals surface area (Å²) in [6.07, 6.45) is 0. The lowest BCUT2D eigenvalue weighted by Crippen LogP contribution is -2.29. The molecule has 9 nitrogen and oxygen atoms in total. The van der Waals surface area contributed by atoms with Crippen molar-refractivity contribution >= 4 is 44.1 Å². The highest BCUT2D eigenvalue weighted by atomic mass is 32.1. The summed E-state index contributed by atoms with van der Waals surface area (Å²) < 4.78 is 23.1. The van der Waals surface area contributed by atoms with Crippen molar-refractivity contribution in [1.29, 1.82) is 0 Å². The number of carbonyl (C=O) groups is 2. The maximum atomic E-state index is 13.6. The number of anilines is 1. The van der Waals surface area contributed by atoms with Crippen LogP contribution < -0.4 is 23.8 Å². The van der Waals surface area contributed by atoms with E-state index >= 15 is 0 Å². The van der Waals surface area contributed by atoms with Crippen molar-refractivity contribution in [2.45, 2.75) is 13.0 Å². The molecule has 0 radical (unpaired) electrons. The minimum atomic E-state index is -0.943. The Morgan fingerprint density at radius 3 is 2.67 bits per heavy atom. The number of nitrogens with zero attached hydrogens (tertiary/aromatic N) is 2. The Hall–Kier alpha value is -4.57. The Morgan fingerprint density at radius 1 is 1.05 bits per heavy atom. The molecule has 1 amide bonds. The van der Waals surface area contributed by atoms with Crippen molar-refractivity contribution in [3.05, 3.63) is 77.4 Å². The summed E-state index contributed by atoms with van der Waals surface area (Å²) in [6.45, 7) is 3.11. The van der Waals surface area contributed by atoms with Crippen LogP contribution in [0.3, 0.4) is 0 Å². The monoisotopic (exact) mass is 544 g/mol. The molecule has 1 saturated heterocycles. The standard InChI is InChI=1S/C29H24N2O7S/c1-3-36-19-6-4-5-16(13-19)25-24(26(32)17-7-10-21-22(14-17)38-12-11-37-21)27(33)28(34)31(25)29-30-20-9-8-18(35-2)15-23(20)39-29/h4-10,13-15,25,32H,3,11-12H2,1-2H3/b26-24-. The molecular formula is C29H24N2O7S. The first-order valence-electron chi connectivity index (χ1n) is 12.4. The number of rotatable bonds is 6. The molecule has 2 aliphatic heterocycles. The molecule has 39 heavy (non-hydrogen) atoms. The van der Waals surface area contributed by atoms with Gasteiger partial charge in [0.1, 0.15) is 30.5 Å². The van der Waals surface area contributed by atoms with Crippen molar-refractivity contribution in [3.8, 4) is 23.0 Å². The molecule has 0 bridgehead atoms. The lowest BCUT2D eigenvalue weighted by molar-refractivity contribution is -0.132. The van der Waals surface area contributed by atoms with Crippen molar-refractivity contribution in [2.75, 3.05) is 31.8 Å². The van der Waals surface area contributed by atoms with Crippen molar-refractivity contribution in [3.63, 3.8) is 0 Å². The van der Waals surface area contributed by atoms with Gasteiger partial charge < -0.3 is 24.1 Å². The summed E-state index contributed by atoms with van der Waals surface area (Å²) in [4.78, 5) is 33.1. The molecule has 1 aromatic heterocycles. The van der Waals surface area contributed by atoms with Crippen LogP contribution in [-0.2, 0) is 9.59 Å². The van der Waals surface area contributed by atoms with E-state index in [1.54, 1.807) is 61.7 Å². The molecule has 3 heterocycles. The lowest BCUT2D eigenvalue weighted by Gasteiger charge is -2.23. The van der Waals surface area contributed by atoms with Gasteiger partial charge in [0.15, 0.2) is 16.6 Å². The second kappa shape index (κ2) is 9.95. The van der Waals surface area contributed by atoms with Gasteiger partial charge in [0, 0.05) is 5.56 Å². The number of ether oxygens (including phenoxy) is 4. The van der Waals surface area contributed by atoms with Gasteiger partial charge in [-0.15, -0.1) is 0 Å². The second-order valence-electron chi connectivity index (χ2n) is 8.86. The number of fused-ring (bicyclic) bond motifs is 2. The van der Waals surface area contributed by atoms with Gasteiger partial charge in [-0.25, -0.2) is 4.98 Å². The van der Waals surface area contributed by atoms with Crippen molar-refractivity contribution in [2.24, 2.45) is 0 Å².